The number of amides is 2. The van der Waals surface area contributed by atoms with Gasteiger partial charge in [-0.05, 0) is 51.5 Å². The van der Waals surface area contributed by atoms with E-state index in [1.807, 2.05) is 43.3 Å². The lowest BCUT2D eigenvalue weighted by atomic mass is 10.0. The Kier molecular flexibility index (Phi) is 8.30. The number of ether oxygens (including phenoxy) is 3. The molecule has 0 aliphatic heterocycles. The van der Waals surface area contributed by atoms with Gasteiger partial charge in [0.05, 0.1) is 32.7 Å². The lowest BCUT2D eigenvalue weighted by molar-refractivity contribution is -0.122. The third kappa shape index (κ3) is 7.51. The molecule has 0 aliphatic rings. The van der Waals surface area contributed by atoms with Crippen molar-refractivity contribution in [3.05, 3.63) is 59.7 Å². The van der Waals surface area contributed by atoms with E-state index in [4.69, 9.17) is 14.2 Å². The molecule has 2 aromatic rings. The summed E-state index contributed by atoms with van der Waals surface area (Å²) in [5, 5.41) is 5.79. The molecule has 0 fully saturated rings. The van der Waals surface area contributed by atoms with Crippen molar-refractivity contribution in [3.8, 4) is 11.5 Å². The Bertz CT molecular complexity index is 877. The lowest BCUT2D eigenvalue weighted by Crippen LogP contribution is -2.37. The van der Waals surface area contributed by atoms with Crippen molar-refractivity contribution in [2.24, 2.45) is 0 Å². The summed E-state index contributed by atoms with van der Waals surface area (Å²) >= 11 is 0. The summed E-state index contributed by atoms with van der Waals surface area (Å²) < 4.78 is 16.1. The number of hydrogen-bond acceptors (Lipinski definition) is 5. The second kappa shape index (κ2) is 10.7. The van der Waals surface area contributed by atoms with Crippen LogP contribution in [-0.4, -0.2) is 31.8 Å². The van der Waals surface area contributed by atoms with Crippen LogP contribution in [0.5, 0.6) is 11.5 Å². The quantitative estimate of drug-likeness (QED) is 0.645. The van der Waals surface area contributed by atoms with Crippen molar-refractivity contribution >= 4 is 12.0 Å². The zero-order valence-electron chi connectivity index (χ0n) is 19.0. The van der Waals surface area contributed by atoms with Crippen LogP contribution in [0.15, 0.2) is 48.5 Å². The molecule has 0 saturated carbocycles. The zero-order valence-corrected chi connectivity index (χ0v) is 19.0. The van der Waals surface area contributed by atoms with E-state index < -0.39 is 17.7 Å². The van der Waals surface area contributed by atoms with E-state index in [-0.39, 0.29) is 18.4 Å². The topological polar surface area (TPSA) is 85.9 Å². The van der Waals surface area contributed by atoms with Gasteiger partial charge in [0.1, 0.15) is 17.1 Å². The second-order valence-corrected chi connectivity index (χ2v) is 8.21. The normalized spacial score (nSPS) is 13.0. The number of methoxy groups -OCH3 is 2. The Morgan fingerprint density at radius 2 is 1.65 bits per heavy atom. The van der Waals surface area contributed by atoms with Gasteiger partial charge in [0.2, 0.25) is 5.91 Å². The molecule has 7 nitrogen and oxygen atoms in total. The molecule has 0 bridgehead atoms. The molecule has 0 spiro atoms. The van der Waals surface area contributed by atoms with E-state index in [1.165, 1.54) is 0 Å². The van der Waals surface area contributed by atoms with Crippen LogP contribution in [0.2, 0.25) is 0 Å². The molecular formula is C24H32N2O5. The molecule has 31 heavy (non-hydrogen) atoms. The number of rotatable bonds is 8. The molecular weight excluding hydrogens is 396 g/mol. The Balaban J connectivity index is 2.14. The number of carbonyl (C=O) groups is 2. The molecule has 2 rings (SSSR count). The molecule has 2 unspecified atom stereocenters. The summed E-state index contributed by atoms with van der Waals surface area (Å²) in [6.07, 6.45) is -0.517. The molecule has 0 radical (unpaired) electrons. The predicted octanol–water partition coefficient (Wildman–Crippen LogP) is 4.54. The average Bonchev–Trinajstić information content (AvgIpc) is 2.71. The van der Waals surface area contributed by atoms with Gasteiger partial charge in [0.25, 0.3) is 0 Å². The average molecular weight is 429 g/mol. The highest BCUT2D eigenvalue weighted by Gasteiger charge is 2.24. The SMILES string of the molecule is COc1ccc(OC)c(C(C)NC(=O)CC(NC(=O)OC(C)(C)C)c2ccccc2)c1. The number of hydrogen-bond donors (Lipinski definition) is 2. The Hall–Kier alpha value is -3.22. The molecule has 0 heterocycles. The minimum absolute atomic E-state index is 0.0554. The number of nitrogens with one attached hydrogen (secondary N) is 2. The Morgan fingerprint density at radius 3 is 2.23 bits per heavy atom. The van der Waals surface area contributed by atoms with Gasteiger partial charge < -0.3 is 24.8 Å². The highest BCUT2D eigenvalue weighted by atomic mass is 16.6. The van der Waals surface area contributed by atoms with Gasteiger partial charge in [0, 0.05) is 5.56 Å². The summed E-state index contributed by atoms with van der Waals surface area (Å²) in [7, 11) is 3.16. The summed E-state index contributed by atoms with van der Waals surface area (Å²) in [4.78, 5) is 25.2. The molecule has 7 heteroatoms. The van der Waals surface area contributed by atoms with Crippen LogP contribution in [0, 0.1) is 0 Å². The molecule has 2 aromatic carbocycles. The van der Waals surface area contributed by atoms with Gasteiger partial charge in [-0.2, -0.15) is 0 Å². The van der Waals surface area contributed by atoms with Crippen molar-refractivity contribution in [1.82, 2.24) is 10.6 Å². The van der Waals surface area contributed by atoms with Gasteiger partial charge in [-0.25, -0.2) is 4.79 Å². The third-order valence-corrected chi connectivity index (χ3v) is 4.56. The highest BCUT2D eigenvalue weighted by Crippen LogP contribution is 2.29. The Labute approximate surface area is 184 Å². The number of alkyl carbamates (subject to hydrolysis) is 1. The molecule has 0 aromatic heterocycles. The van der Waals surface area contributed by atoms with Gasteiger partial charge in [-0.15, -0.1) is 0 Å². The molecule has 2 amide bonds. The largest absolute Gasteiger partial charge is 0.497 e. The van der Waals surface area contributed by atoms with Gasteiger partial charge in [-0.1, -0.05) is 30.3 Å². The van der Waals surface area contributed by atoms with Crippen molar-refractivity contribution < 1.29 is 23.8 Å². The van der Waals surface area contributed by atoms with E-state index in [2.05, 4.69) is 10.6 Å². The zero-order chi connectivity index (χ0) is 23.0. The van der Waals surface area contributed by atoms with Crippen LogP contribution in [0.25, 0.3) is 0 Å². The smallest absolute Gasteiger partial charge is 0.408 e. The standard InChI is InChI=1S/C24H32N2O5/c1-16(19-14-18(29-5)12-13-21(19)30-6)25-22(27)15-20(17-10-8-7-9-11-17)26-23(28)31-24(2,3)4/h7-14,16,20H,15H2,1-6H3,(H,25,27)(H,26,28). The summed E-state index contributed by atoms with van der Waals surface area (Å²) in [6.45, 7) is 7.24. The first-order valence-corrected chi connectivity index (χ1v) is 10.2. The van der Waals surface area contributed by atoms with Gasteiger partial charge in [0.15, 0.2) is 0 Å². The molecule has 2 atom stereocenters. The first kappa shape index (κ1) is 24.1. The van der Waals surface area contributed by atoms with Gasteiger partial charge >= 0.3 is 6.09 Å². The fourth-order valence-corrected chi connectivity index (χ4v) is 3.13. The van der Waals surface area contributed by atoms with E-state index in [0.29, 0.717) is 11.5 Å². The molecule has 168 valence electrons. The minimum atomic E-state index is -0.634. The van der Waals surface area contributed by atoms with Crippen LogP contribution >= 0.6 is 0 Å². The maximum absolute atomic E-state index is 12.9. The fraction of sp³-hybridized carbons (Fsp3) is 0.417. The summed E-state index contributed by atoms with van der Waals surface area (Å²) in [5.74, 6) is 1.10. The van der Waals surface area contributed by atoms with E-state index in [9.17, 15) is 9.59 Å². The van der Waals surface area contributed by atoms with E-state index >= 15 is 0 Å². The maximum atomic E-state index is 12.9. The molecule has 2 N–H and O–H groups in total. The highest BCUT2D eigenvalue weighted by molar-refractivity contribution is 5.78. The second-order valence-electron chi connectivity index (χ2n) is 8.21. The molecule has 0 saturated heterocycles. The lowest BCUT2D eigenvalue weighted by Gasteiger charge is -2.24. The third-order valence-electron chi connectivity index (χ3n) is 4.56. The van der Waals surface area contributed by atoms with Crippen molar-refractivity contribution in [1.29, 1.82) is 0 Å². The van der Waals surface area contributed by atoms with Gasteiger partial charge in [-0.3, -0.25) is 4.79 Å². The van der Waals surface area contributed by atoms with E-state index in [0.717, 1.165) is 11.1 Å². The van der Waals surface area contributed by atoms with Crippen molar-refractivity contribution in [2.45, 2.75) is 51.8 Å². The van der Waals surface area contributed by atoms with Crippen molar-refractivity contribution in [3.63, 3.8) is 0 Å². The monoisotopic (exact) mass is 428 g/mol. The fourth-order valence-electron chi connectivity index (χ4n) is 3.13. The number of carbonyl (C=O) groups excluding carboxylic acids is 2. The summed E-state index contributed by atoms with van der Waals surface area (Å²) in [5.41, 5.74) is 0.979. The van der Waals surface area contributed by atoms with Crippen LogP contribution in [0.1, 0.15) is 57.3 Å². The Morgan fingerprint density at radius 1 is 0.968 bits per heavy atom. The number of benzene rings is 2. The first-order chi connectivity index (χ1) is 14.6. The van der Waals surface area contributed by atoms with Crippen LogP contribution < -0.4 is 20.1 Å². The van der Waals surface area contributed by atoms with E-state index in [1.54, 1.807) is 47.1 Å². The maximum Gasteiger partial charge on any atom is 0.408 e. The van der Waals surface area contributed by atoms with Crippen molar-refractivity contribution in [2.75, 3.05) is 14.2 Å². The predicted molar refractivity (Wildman–Crippen MR) is 119 cm³/mol. The van der Waals surface area contributed by atoms with Crippen LogP contribution in [0.3, 0.4) is 0 Å². The minimum Gasteiger partial charge on any atom is -0.497 e. The molecule has 0 aliphatic carbocycles. The summed E-state index contributed by atoms with van der Waals surface area (Å²) in [6, 6.07) is 13.9. The first-order valence-electron chi connectivity index (χ1n) is 10.2. The van der Waals surface area contributed by atoms with Crippen LogP contribution in [0.4, 0.5) is 4.79 Å². The van der Waals surface area contributed by atoms with Crippen LogP contribution in [-0.2, 0) is 9.53 Å².